The predicted molar refractivity (Wildman–Crippen MR) is 66.0 cm³/mol. The lowest BCUT2D eigenvalue weighted by Crippen LogP contribution is -2.28. The summed E-state index contributed by atoms with van der Waals surface area (Å²) in [6.45, 7) is 0.336. The molecule has 1 aliphatic carbocycles. The van der Waals surface area contributed by atoms with Crippen molar-refractivity contribution >= 4 is 0 Å². The molecular weight excluding hydrogens is 257 g/mol. The minimum Gasteiger partial charge on any atom is -0.326 e. The van der Waals surface area contributed by atoms with Crippen LogP contribution in [0, 0.1) is 0 Å². The molecule has 1 aromatic heterocycles. The monoisotopic (exact) mass is 274 g/mol. The summed E-state index contributed by atoms with van der Waals surface area (Å²) in [4.78, 5) is 14.0. The van der Waals surface area contributed by atoms with Crippen LogP contribution in [-0.4, -0.2) is 17.7 Å². The summed E-state index contributed by atoms with van der Waals surface area (Å²) in [7, 11) is 0. The molecule has 1 aliphatic rings. The number of hydrogen-bond donors (Lipinski definition) is 2. The van der Waals surface area contributed by atoms with Crippen LogP contribution in [0.5, 0.6) is 0 Å². The van der Waals surface area contributed by atoms with Crippen LogP contribution in [0.25, 0.3) is 0 Å². The fraction of sp³-hybridized carbons (Fsp3) is 0.615. The van der Waals surface area contributed by atoms with Crippen LogP contribution in [0.15, 0.2) is 16.9 Å². The maximum Gasteiger partial charge on any atom is 0.389 e. The van der Waals surface area contributed by atoms with E-state index in [4.69, 9.17) is 0 Å². The molecule has 0 amide bonds. The number of halogens is 3. The summed E-state index contributed by atoms with van der Waals surface area (Å²) in [6, 6.07) is 3.29. The lowest BCUT2D eigenvalue weighted by Gasteiger charge is -2.26. The number of fused-ring (bicyclic) bond motifs is 1. The van der Waals surface area contributed by atoms with Crippen LogP contribution in [-0.2, 0) is 6.42 Å². The highest BCUT2D eigenvalue weighted by molar-refractivity contribution is 5.26. The molecule has 1 unspecified atom stereocenters. The molecule has 0 aromatic carbocycles. The van der Waals surface area contributed by atoms with E-state index < -0.39 is 12.6 Å². The molecule has 0 bridgehead atoms. The Hall–Kier alpha value is -1.30. The molecule has 2 rings (SSSR count). The minimum atomic E-state index is -4.09. The van der Waals surface area contributed by atoms with Gasteiger partial charge in [-0.1, -0.05) is 6.07 Å². The van der Waals surface area contributed by atoms with Gasteiger partial charge in [-0.2, -0.15) is 13.2 Å². The molecule has 0 spiro atoms. The molecule has 2 N–H and O–H groups in total. The topological polar surface area (TPSA) is 44.9 Å². The third kappa shape index (κ3) is 4.09. The van der Waals surface area contributed by atoms with Crippen LogP contribution in [0.4, 0.5) is 13.2 Å². The summed E-state index contributed by atoms with van der Waals surface area (Å²) in [5.41, 5.74) is 1.79. The van der Waals surface area contributed by atoms with E-state index in [1.807, 2.05) is 0 Å². The minimum absolute atomic E-state index is 0.0498. The van der Waals surface area contributed by atoms with Gasteiger partial charge in [-0.05, 0) is 37.8 Å². The molecule has 0 saturated heterocycles. The third-order valence-electron chi connectivity index (χ3n) is 3.36. The Bertz CT molecular complexity index is 482. The van der Waals surface area contributed by atoms with E-state index in [0.717, 1.165) is 30.5 Å². The van der Waals surface area contributed by atoms with Crippen LogP contribution in [0.2, 0.25) is 0 Å². The van der Waals surface area contributed by atoms with Gasteiger partial charge < -0.3 is 10.3 Å². The van der Waals surface area contributed by atoms with Crippen molar-refractivity contribution in [2.24, 2.45) is 0 Å². The fourth-order valence-electron chi connectivity index (χ4n) is 2.48. The first kappa shape index (κ1) is 14.1. The van der Waals surface area contributed by atoms with Crippen molar-refractivity contribution in [3.8, 4) is 0 Å². The van der Waals surface area contributed by atoms with Gasteiger partial charge in [0.15, 0.2) is 0 Å². The molecule has 6 heteroatoms. The summed E-state index contributed by atoms with van der Waals surface area (Å²) in [5.74, 6) is 0. The lowest BCUT2D eigenvalue weighted by molar-refractivity contribution is -0.135. The first-order chi connectivity index (χ1) is 8.96. The molecular formula is C13H17F3N2O. The fourth-order valence-corrected chi connectivity index (χ4v) is 2.48. The zero-order valence-corrected chi connectivity index (χ0v) is 10.5. The van der Waals surface area contributed by atoms with Crippen molar-refractivity contribution in [2.45, 2.75) is 44.3 Å². The number of pyridine rings is 1. The van der Waals surface area contributed by atoms with Gasteiger partial charge in [0, 0.05) is 24.2 Å². The van der Waals surface area contributed by atoms with Crippen molar-refractivity contribution in [2.75, 3.05) is 6.54 Å². The number of aryl methyl sites for hydroxylation is 1. The van der Waals surface area contributed by atoms with Crippen molar-refractivity contribution in [1.29, 1.82) is 0 Å². The van der Waals surface area contributed by atoms with Crippen LogP contribution in [0.3, 0.4) is 0 Å². The second-order valence-electron chi connectivity index (χ2n) is 4.87. The van der Waals surface area contributed by atoms with Crippen LogP contribution >= 0.6 is 0 Å². The Morgan fingerprint density at radius 1 is 1.37 bits per heavy atom. The maximum atomic E-state index is 12.0. The van der Waals surface area contributed by atoms with Gasteiger partial charge in [0.05, 0.1) is 0 Å². The Balaban J connectivity index is 1.91. The Morgan fingerprint density at radius 2 is 2.16 bits per heavy atom. The zero-order chi connectivity index (χ0) is 13.9. The van der Waals surface area contributed by atoms with E-state index in [1.165, 1.54) is 6.07 Å². The molecule has 106 valence electrons. The van der Waals surface area contributed by atoms with E-state index in [1.54, 1.807) is 6.07 Å². The van der Waals surface area contributed by atoms with Gasteiger partial charge in [0.25, 0.3) is 0 Å². The predicted octanol–water partition coefficient (Wildman–Crippen LogP) is 2.68. The van der Waals surface area contributed by atoms with Gasteiger partial charge in [0.2, 0.25) is 5.56 Å². The van der Waals surface area contributed by atoms with Crippen molar-refractivity contribution < 1.29 is 13.2 Å². The Morgan fingerprint density at radius 3 is 2.89 bits per heavy atom. The standard InChI is InChI=1S/C13H17F3N2O/c14-13(15,16)7-2-8-17-10-3-1-4-11-9(10)5-6-12(19)18-11/h5-6,10,17H,1-4,7-8H2,(H,18,19). The van der Waals surface area contributed by atoms with E-state index in [-0.39, 0.29) is 18.0 Å². The van der Waals surface area contributed by atoms with E-state index in [2.05, 4.69) is 10.3 Å². The van der Waals surface area contributed by atoms with Crippen molar-refractivity contribution in [1.82, 2.24) is 10.3 Å². The molecule has 1 atom stereocenters. The number of alkyl halides is 3. The van der Waals surface area contributed by atoms with E-state index in [9.17, 15) is 18.0 Å². The largest absolute Gasteiger partial charge is 0.389 e. The van der Waals surface area contributed by atoms with Gasteiger partial charge in [0.1, 0.15) is 0 Å². The highest BCUT2D eigenvalue weighted by atomic mass is 19.4. The first-order valence-corrected chi connectivity index (χ1v) is 6.48. The van der Waals surface area contributed by atoms with Crippen LogP contribution < -0.4 is 10.9 Å². The Labute approximate surface area is 109 Å². The average molecular weight is 274 g/mol. The normalized spacial score (nSPS) is 19.2. The van der Waals surface area contributed by atoms with E-state index in [0.29, 0.717) is 6.54 Å². The summed E-state index contributed by atoms with van der Waals surface area (Å²) in [6.07, 6.45) is -2.11. The molecule has 1 heterocycles. The Kier molecular flexibility index (Phi) is 4.29. The molecule has 1 aromatic rings. The number of nitrogens with one attached hydrogen (secondary N) is 2. The molecule has 19 heavy (non-hydrogen) atoms. The lowest BCUT2D eigenvalue weighted by atomic mass is 9.91. The van der Waals surface area contributed by atoms with Gasteiger partial charge in [-0.15, -0.1) is 0 Å². The van der Waals surface area contributed by atoms with Crippen molar-refractivity contribution in [3.05, 3.63) is 33.7 Å². The van der Waals surface area contributed by atoms with Crippen molar-refractivity contribution in [3.63, 3.8) is 0 Å². The smallest absolute Gasteiger partial charge is 0.326 e. The third-order valence-corrected chi connectivity index (χ3v) is 3.36. The SMILES string of the molecule is O=c1ccc2c([nH]1)CCCC2NCCCC(F)(F)F. The molecule has 0 fully saturated rings. The maximum absolute atomic E-state index is 12.0. The van der Waals surface area contributed by atoms with Gasteiger partial charge in [-0.25, -0.2) is 0 Å². The molecule has 0 radical (unpaired) electrons. The van der Waals surface area contributed by atoms with E-state index >= 15 is 0 Å². The number of aromatic amines is 1. The number of rotatable bonds is 4. The van der Waals surface area contributed by atoms with Crippen LogP contribution in [0.1, 0.15) is 43.0 Å². The highest BCUT2D eigenvalue weighted by Gasteiger charge is 2.26. The highest BCUT2D eigenvalue weighted by Crippen LogP contribution is 2.27. The average Bonchev–Trinajstić information content (AvgIpc) is 2.33. The first-order valence-electron chi connectivity index (χ1n) is 6.48. The molecule has 0 saturated carbocycles. The molecule has 3 nitrogen and oxygen atoms in total. The second-order valence-corrected chi connectivity index (χ2v) is 4.87. The number of hydrogen-bond acceptors (Lipinski definition) is 2. The van der Waals surface area contributed by atoms with Gasteiger partial charge in [-0.3, -0.25) is 4.79 Å². The number of aromatic nitrogens is 1. The summed E-state index contributed by atoms with van der Waals surface area (Å²) < 4.78 is 36.1. The summed E-state index contributed by atoms with van der Waals surface area (Å²) in [5, 5.41) is 3.15. The zero-order valence-electron chi connectivity index (χ0n) is 10.5. The van der Waals surface area contributed by atoms with Gasteiger partial charge >= 0.3 is 6.18 Å². The quantitative estimate of drug-likeness (QED) is 0.829. The number of H-pyrrole nitrogens is 1. The molecule has 0 aliphatic heterocycles. The second kappa shape index (κ2) is 5.77. The summed E-state index contributed by atoms with van der Waals surface area (Å²) >= 11 is 0.